The third kappa shape index (κ3) is 8.06. The van der Waals surface area contributed by atoms with Crippen LogP contribution in [0.15, 0.2) is 21.9 Å². The molecule has 0 amide bonds. The van der Waals surface area contributed by atoms with E-state index >= 15 is 0 Å². The zero-order valence-corrected chi connectivity index (χ0v) is 11.8. The fourth-order valence-electron chi connectivity index (χ4n) is 2.09. The number of azo groups is 1. The van der Waals surface area contributed by atoms with E-state index in [1.54, 1.807) is 7.05 Å². The fourth-order valence-corrected chi connectivity index (χ4v) is 2.09. The number of hydrogen-bond acceptors (Lipinski definition) is 2. The quantitative estimate of drug-likeness (QED) is 0.303. The molecule has 0 fully saturated rings. The predicted octanol–water partition coefficient (Wildman–Crippen LogP) is 4.43. The van der Waals surface area contributed by atoms with Crippen LogP contribution in [0, 0.1) is 5.92 Å². The molecule has 0 unspecified atom stereocenters. The first kappa shape index (κ1) is 16.3. The maximum absolute atomic E-state index is 4.25. The van der Waals surface area contributed by atoms with Crippen molar-refractivity contribution in [3.63, 3.8) is 0 Å². The summed E-state index contributed by atoms with van der Waals surface area (Å²) in [4.78, 5) is 0. The van der Waals surface area contributed by atoms with Gasteiger partial charge in [0.1, 0.15) is 0 Å². The van der Waals surface area contributed by atoms with Crippen molar-refractivity contribution in [2.45, 2.75) is 58.8 Å². The van der Waals surface area contributed by atoms with Gasteiger partial charge in [-0.2, -0.15) is 0 Å². The second kappa shape index (κ2) is 11.8. The molecule has 0 saturated carbocycles. The topological polar surface area (TPSA) is 24.7 Å². The van der Waals surface area contributed by atoms with Gasteiger partial charge in [0, 0.05) is 0 Å². The molecule has 17 heavy (non-hydrogen) atoms. The van der Waals surface area contributed by atoms with E-state index in [0.29, 0.717) is 5.92 Å². The normalized spacial score (nSPS) is 13.9. The van der Waals surface area contributed by atoms with E-state index < -0.39 is 0 Å². The van der Waals surface area contributed by atoms with Gasteiger partial charge in [0.2, 0.25) is 0 Å². The molecule has 2 nitrogen and oxygen atoms in total. The Morgan fingerprint density at radius 3 is 2.47 bits per heavy atom. The molecule has 0 bridgehead atoms. The van der Waals surface area contributed by atoms with Crippen LogP contribution in [0.2, 0.25) is 0 Å². The summed E-state index contributed by atoms with van der Waals surface area (Å²) in [5, 5.41) is 8.16. The molecular weight excluding hydrogens is 207 g/mol. The van der Waals surface area contributed by atoms with Gasteiger partial charge in [0.15, 0.2) is 0 Å². The second-order valence-electron chi connectivity index (χ2n) is 4.46. The maximum atomic E-state index is 4.25. The van der Waals surface area contributed by atoms with Crippen molar-refractivity contribution in [2.24, 2.45) is 16.1 Å². The first-order valence-corrected chi connectivity index (χ1v) is 6.92. The number of rotatable bonds is 10. The Bertz CT molecular complexity index is 247. The van der Waals surface area contributed by atoms with Crippen LogP contribution >= 0.6 is 0 Å². The van der Waals surface area contributed by atoms with Crippen molar-refractivity contribution >= 4 is 13.4 Å². The fraction of sp³-hybridized carbons (Fsp3) is 0.786. The van der Waals surface area contributed by atoms with E-state index in [9.17, 15) is 0 Å². The zero-order chi connectivity index (χ0) is 12.9. The summed E-state index contributed by atoms with van der Waals surface area (Å²) in [5.41, 5.74) is 1.10. The van der Waals surface area contributed by atoms with Gasteiger partial charge in [0.25, 0.3) is 0 Å². The molecular formula is C14H27BN2. The monoisotopic (exact) mass is 234 g/mol. The minimum atomic E-state index is 0.554. The van der Waals surface area contributed by atoms with Gasteiger partial charge in [-0.15, -0.1) is 0 Å². The molecule has 0 rings (SSSR count). The predicted molar refractivity (Wildman–Crippen MR) is 78.9 cm³/mol. The van der Waals surface area contributed by atoms with Crippen LogP contribution in [0.1, 0.15) is 58.8 Å². The molecule has 0 saturated heterocycles. The van der Waals surface area contributed by atoms with Crippen LogP contribution in [0.4, 0.5) is 0 Å². The van der Waals surface area contributed by atoms with E-state index in [-0.39, 0.29) is 0 Å². The SMILES string of the molecule is C=B/C=C(\N=NC)[C@@H](CCC)CCCCCC. The molecule has 0 N–H and O–H groups in total. The van der Waals surface area contributed by atoms with Crippen molar-refractivity contribution in [2.75, 3.05) is 7.05 Å². The van der Waals surface area contributed by atoms with E-state index in [2.05, 4.69) is 30.5 Å². The van der Waals surface area contributed by atoms with Crippen LogP contribution in [0.25, 0.3) is 0 Å². The van der Waals surface area contributed by atoms with E-state index in [1.807, 2.05) is 12.9 Å². The molecule has 0 aromatic rings. The summed E-state index contributed by atoms with van der Waals surface area (Å²) in [6.45, 7) is 10.1. The third-order valence-corrected chi connectivity index (χ3v) is 2.97. The molecule has 0 aromatic heterocycles. The molecule has 1 atom stereocenters. The van der Waals surface area contributed by atoms with Gasteiger partial charge in [-0.1, -0.05) is 0 Å². The zero-order valence-electron chi connectivity index (χ0n) is 11.8. The van der Waals surface area contributed by atoms with Gasteiger partial charge in [-0.25, -0.2) is 0 Å². The van der Waals surface area contributed by atoms with Gasteiger partial charge < -0.3 is 0 Å². The molecule has 0 aliphatic rings. The van der Waals surface area contributed by atoms with Crippen LogP contribution < -0.4 is 0 Å². The van der Waals surface area contributed by atoms with Crippen molar-refractivity contribution in [3.8, 4) is 0 Å². The summed E-state index contributed by atoms with van der Waals surface area (Å²) in [6, 6.07) is 0. The number of unbranched alkanes of at least 4 members (excludes halogenated alkanes) is 3. The summed E-state index contributed by atoms with van der Waals surface area (Å²) in [5.74, 6) is 2.56. The Balaban J connectivity index is 4.35. The Morgan fingerprint density at radius 1 is 1.18 bits per heavy atom. The summed E-state index contributed by atoms with van der Waals surface area (Å²) in [7, 11) is 1.73. The Hall–Kier alpha value is -0.725. The van der Waals surface area contributed by atoms with Gasteiger partial charge >= 0.3 is 107 Å². The van der Waals surface area contributed by atoms with E-state index in [4.69, 9.17) is 0 Å². The summed E-state index contributed by atoms with van der Waals surface area (Å²) >= 11 is 0. The molecule has 96 valence electrons. The number of hydrogen-bond donors (Lipinski definition) is 0. The van der Waals surface area contributed by atoms with Crippen molar-refractivity contribution in [1.29, 1.82) is 0 Å². The van der Waals surface area contributed by atoms with Crippen LogP contribution in [0.5, 0.6) is 0 Å². The van der Waals surface area contributed by atoms with E-state index in [0.717, 1.165) is 5.70 Å². The van der Waals surface area contributed by atoms with E-state index in [1.165, 1.54) is 44.9 Å². The average molecular weight is 234 g/mol. The van der Waals surface area contributed by atoms with Gasteiger partial charge in [-0.05, 0) is 0 Å². The van der Waals surface area contributed by atoms with Crippen molar-refractivity contribution < 1.29 is 0 Å². The first-order chi connectivity index (χ1) is 8.29. The minimum absolute atomic E-state index is 0.554. The average Bonchev–Trinajstić information content (AvgIpc) is 2.33. The first-order valence-electron chi connectivity index (χ1n) is 6.92. The number of nitrogens with zero attached hydrogens (tertiary/aromatic N) is 2. The molecule has 0 aliphatic heterocycles. The molecule has 0 heterocycles. The van der Waals surface area contributed by atoms with Gasteiger partial charge in [0.05, 0.1) is 0 Å². The second-order valence-corrected chi connectivity index (χ2v) is 4.46. The Kier molecular flexibility index (Phi) is 11.3. The molecule has 0 aromatic carbocycles. The number of allylic oxidation sites excluding steroid dienone is 1. The van der Waals surface area contributed by atoms with Crippen LogP contribution in [-0.2, 0) is 0 Å². The molecule has 3 heteroatoms. The van der Waals surface area contributed by atoms with Crippen LogP contribution in [-0.4, -0.2) is 20.4 Å². The standard InChI is InChI=1S/C14H27BN2/c1-5-7-8-9-11-13(10-6-2)14(12-15-3)17-16-4/h12-13H,3,5-11H2,1-2,4H3/b14-12-,17-16?/t13-/m0/s1. The van der Waals surface area contributed by atoms with Crippen molar-refractivity contribution in [1.82, 2.24) is 0 Å². The van der Waals surface area contributed by atoms with Crippen molar-refractivity contribution in [3.05, 3.63) is 11.7 Å². The third-order valence-electron chi connectivity index (χ3n) is 2.97. The molecule has 0 radical (unpaired) electrons. The summed E-state index contributed by atoms with van der Waals surface area (Å²) < 4.78 is 0. The molecule has 0 aliphatic carbocycles. The van der Waals surface area contributed by atoms with Gasteiger partial charge in [-0.3, -0.25) is 0 Å². The Labute approximate surface area is 108 Å². The molecule has 0 spiro atoms. The van der Waals surface area contributed by atoms with Crippen LogP contribution in [0.3, 0.4) is 0 Å². The summed E-state index contributed by atoms with van der Waals surface area (Å²) in [6.07, 6.45) is 8.90. The Morgan fingerprint density at radius 2 is 1.94 bits per heavy atom.